The minimum absolute atomic E-state index is 0.00832. The van der Waals surface area contributed by atoms with Crippen LogP contribution < -0.4 is 14.8 Å². The molecule has 0 radical (unpaired) electrons. The van der Waals surface area contributed by atoms with E-state index in [9.17, 15) is 9.59 Å². The summed E-state index contributed by atoms with van der Waals surface area (Å²) in [6.07, 6.45) is 1.79. The molecule has 0 saturated carbocycles. The topological polar surface area (TPSA) is 67.9 Å². The molecule has 3 rings (SSSR count). The fourth-order valence-corrected chi connectivity index (χ4v) is 4.65. The summed E-state index contributed by atoms with van der Waals surface area (Å²) in [6, 6.07) is 12.9. The van der Waals surface area contributed by atoms with E-state index in [1.54, 1.807) is 23.1 Å². The van der Waals surface area contributed by atoms with Gasteiger partial charge in [0.25, 0.3) is 11.8 Å². The van der Waals surface area contributed by atoms with Crippen LogP contribution in [0.15, 0.2) is 47.4 Å². The van der Waals surface area contributed by atoms with E-state index in [-0.39, 0.29) is 24.5 Å². The minimum Gasteiger partial charge on any atom is -0.490 e. The van der Waals surface area contributed by atoms with Crippen LogP contribution in [0.4, 0.5) is 5.69 Å². The van der Waals surface area contributed by atoms with Gasteiger partial charge in [-0.2, -0.15) is 0 Å². The molecular formula is C24H26N2O4S2. The lowest BCUT2D eigenvalue weighted by molar-refractivity contribution is -0.123. The highest BCUT2D eigenvalue weighted by Gasteiger charge is 2.33. The molecule has 0 aromatic heterocycles. The Bertz CT molecular complexity index is 1070. The number of carbonyl (C=O) groups excluding carboxylic acids is 2. The van der Waals surface area contributed by atoms with Crippen LogP contribution >= 0.6 is 24.0 Å². The quantitative estimate of drug-likeness (QED) is 0.432. The van der Waals surface area contributed by atoms with Gasteiger partial charge >= 0.3 is 0 Å². The van der Waals surface area contributed by atoms with E-state index < -0.39 is 0 Å². The molecule has 2 aromatic rings. The molecule has 1 saturated heterocycles. The standard InChI is InChI=1S/C24H26N2O4S2/c1-5-29-20-12-17(13-21-23(28)26(15(2)3)24(31)32-21)10-11-19(20)30-14-22(27)25-18-9-7-6-8-16(18)4/h6-13,15H,5,14H2,1-4H3,(H,25,27)/b21-13-. The third-order valence-corrected chi connectivity index (χ3v) is 6.01. The van der Waals surface area contributed by atoms with E-state index in [0.29, 0.717) is 27.3 Å². The van der Waals surface area contributed by atoms with Gasteiger partial charge in [0, 0.05) is 11.7 Å². The van der Waals surface area contributed by atoms with Crippen molar-refractivity contribution in [2.24, 2.45) is 0 Å². The zero-order valence-electron chi connectivity index (χ0n) is 18.5. The number of nitrogens with zero attached hydrogens (tertiary/aromatic N) is 1. The molecule has 0 bridgehead atoms. The van der Waals surface area contributed by atoms with Crippen LogP contribution in [0.3, 0.4) is 0 Å². The van der Waals surface area contributed by atoms with Crippen LogP contribution in [-0.4, -0.2) is 40.3 Å². The summed E-state index contributed by atoms with van der Waals surface area (Å²) < 4.78 is 12.0. The number of benzene rings is 2. The van der Waals surface area contributed by atoms with Crippen molar-refractivity contribution < 1.29 is 19.1 Å². The Balaban J connectivity index is 1.72. The number of carbonyl (C=O) groups is 2. The van der Waals surface area contributed by atoms with Crippen molar-refractivity contribution in [1.29, 1.82) is 0 Å². The van der Waals surface area contributed by atoms with Gasteiger partial charge in [-0.15, -0.1) is 0 Å². The van der Waals surface area contributed by atoms with Gasteiger partial charge in [-0.25, -0.2) is 0 Å². The number of aryl methyl sites for hydroxylation is 1. The van der Waals surface area contributed by atoms with E-state index in [4.69, 9.17) is 21.7 Å². The molecule has 1 heterocycles. The Morgan fingerprint density at radius 1 is 1.19 bits per heavy atom. The van der Waals surface area contributed by atoms with E-state index in [1.165, 1.54) is 11.8 Å². The highest BCUT2D eigenvalue weighted by molar-refractivity contribution is 8.26. The first-order valence-electron chi connectivity index (χ1n) is 10.3. The lowest BCUT2D eigenvalue weighted by atomic mass is 10.1. The second-order valence-electron chi connectivity index (χ2n) is 7.44. The van der Waals surface area contributed by atoms with Crippen LogP contribution in [0.5, 0.6) is 11.5 Å². The summed E-state index contributed by atoms with van der Waals surface area (Å²) in [5, 5.41) is 2.84. The number of ether oxygens (including phenoxy) is 2. The van der Waals surface area contributed by atoms with Gasteiger partial charge in [0.1, 0.15) is 4.32 Å². The lowest BCUT2D eigenvalue weighted by Crippen LogP contribution is -2.34. The number of nitrogens with one attached hydrogen (secondary N) is 1. The summed E-state index contributed by atoms with van der Waals surface area (Å²) >= 11 is 6.62. The SMILES string of the molecule is CCOc1cc(/C=C2\SC(=S)N(C(C)C)C2=O)ccc1OCC(=O)Nc1ccccc1C. The fourth-order valence-electron chi connectivity index (χ4n) is 3.12. The van der Waals surface area contributed by atoms with E-state index >= 15 is 0 Å². The van der Waals surface area contributed by atoms with Crippen molar-refractivity contribution in [3.63, 3.8) is 0 Å². The monoisotopic (exact) mass is 470 g/mol. The van der Waals surface area contributed by atoms with Crippen LogP contribution in [0.25, 0.3) is 6.08 Å². The number of hydrogen-bond acceptors (Lipinski definition) is 6. The maximum Gasteiger partial charge on any atom is 0.266 e. The zero-order chi connectivity index (χ0) is 23.3. The first kappa shape index (κ1) is 23.8. The van der Waals surface area contributed by atoms with Gasteiger partial charge in [0.2, 0.25) is 0 Å². The molecule has 0 spiro atoms. The van der Waals surface area contributed by atoms with E-state index in [0.717, 1.165) is 16.8 Å². The summed E-state index contributed by atoms with van der Waals surface area (Å²) in [5.41, 5.74) is 2.51. The molecule has 2 amide bonds. The van der Waals surface area contributed by atoms with Crippen molar-refractivity contribution in [3.8, 4) is 11.5 Å². The van der Waals surface area contributed by atoms with Crippen molar-refractivity contribution >= 4 is 51.9 Å². The van der Waals surface area contributed by atoms with Gasteiger partial charge in [-0.3, -0.25) is 14.5 Å². The van der Waals surface area contributed by atoms with E-state index in [1.807, 2.05) is 58.0 Å². The highest BCUT2D eigenvalue weighted by Crippen LogP contribution is 2.35. The Hall–Kier alpha value is -2.84. The average molecular weight is 471 g/mol. The maximum absolute atomic E-state index is 12.6. The third kappa shape index (κ3) is 5.69. The number of hydrogen-bond donors (Lipinski definition) is 1. The molecule has 8 heteroatoms. The second kappa shape index (κ2) is 10.7. The normalized spacial score (nSPS) is 14.9. The van der Waals surface area contributed by atoms with Gasteiger partial charge in [0.05, 0.1) is 11.5 Å². The average Bonchev–Trinajstić information content (AvgIpc) is 3.02. The Kier molecular flexibility index (Phi) is 7.93. The molecule has 6 nitrogen and oxygen atoms in total. The number of anilines is 1. The summed E-state index contributed by atoms with van der Waals surface area (Å²) in [7, 11) is 0. The van der Waals surface area contributed by atoms with Crippen LogP contribution in [0, 0.1) is 6.92 Å². The zero-order valence-corrected chi connectivity index (χ0v) is 20.1. The molecule has 0 atom stereocenters. The molecule has 0 unspecified atom stereocenters. The molecule has 2 aromatic carbocycles. The maximum atomic E-state index is 12.6. The van der Waals surface area contributed by atoms with Crippen LogP contribution in [0.2, 0.25) is 0 Å². The first-order valence-corrected chi connectivity index (χ1v) is 11.5. The van der Waals surface area contributed by atoms with Gasteiger partial charge in [0.15, 0.2) is 18.1 Å². The van der Waals surface area contributed by atoms with Gasteiger partial charge in [-0.1, -0.05) is 48.2 Å². The first-order chi connectivity index (χ1) is 15.3. The number of amides is 2. The molecule has 168 valence electrons. The Morgan fingerprint density at radius 2 is 1.94 bits per heavy atom. The summed E-state index contributed by atoms with van der Waals surface area (Å²) in [5.74, 6) is 0.604. The summed E-state index contributed by atoms with van der Waals surface area (Å²) in [4.78, 5) is 27.1. The number of thioether (sulfide) groups is 1. The van der Waals surface area contributed by atoms with E-state index in [2.05, 4.69) is 5.32 Å². The predicted molar refractivity (Wildman–Crippen MR) is 133 cm³/mol. The molecule has 32 heavy (non-hydrogen) atoms. The molecule has 1 fully saturated rings. The van der Waals surface area contributed by atoms with Crippen LogP contribution in [-0.2, 0) is 9.59 Å². The van der Waals surface area contributed by atoms with Crippen molar-refractivity contribution in [1.82, 2.24) is 4.90 Å². The number of para-hydroxylation sites is 1. The van der Waals surface area contributed by atoms with Gasteiger partial charge < -0.3 is 14.8 Å². The van der Waals surface area contributed by atoms with Crippen molar-refractivity contribution in [2.75, 3.05) is 18.5 Å². The van der Waals surface area contributed by atoms with Crippen molar-refractivity contribution in [3.05, 3.63) is 58.5 Å². The second-order valence-corrected chi connectivity index (χ2v) is 9.11. The minimum atomic E-state index is -0.261. The Morgan fingerprint density at radius 3 is 2.59 bits per heavy atom. The third-order valence-electron chi connectivity index (χ3n) is 4.68. The molecule has 0 aliphatic carbocycles. The van der Waals surface area contributed by atoms with Gasteiger partial charge in [-0.05, 0) is 63.1 Å². The van der Waals surface area contributed by atoms with Crippen molar-refractivity contribution in [2.45, 2.75) is 33.7 Å². The number of rotatable bonds is 8. The molecule has 1 aliphatic heterocycles. The Labute approximate surface area is 198 Å². The highest BCUT2D eigenvalue weighted by atomic mass is 32.2. The predicted octanol–water partition coefficient (Wildman–Crippen LogP) is 5.02. The fraction of sp³-hybridized carbons (Fsp3) is 0.292. The molecule has 1 aliphatic rings. The smallest absolute Gasteiger partial charge is 0.266 e. The molecule has 1 N–H and O–H groups in total. The largest absolute Gasteiger partial charge is 0.490 e. The number of thiocarbonyl (C=S) groups is 1. The summed E-state index contributed by atoms with van der Waals surface area (Å²) in [6.45, 7) is 7.95. The lowest BCUT2D eigenvalue weighted by Gasteiger charge is -2.18. The van der Waals surface area contributed by atoms with Crippen LogP contribution in [0.1, 0.15) is 31.9 Å². The molecular weight excluding hydrogens is 444 g/mol.